The third kappa shape index (κ3) is 2.15. The quantitative estimate of drug-likeness (QED) is 0.695. The highest BCUT2D eigenvalue weighted by molar-refractivity contribution is 5.95. The molecular formula is C18H18N6O. The zero-order chi connectivity index (χ0) is 17.0. The average molecular weight is 334 g/mol. The summed E-state index contributed by atoms with van der Waals surface area (Å²) in [7, 11) is 0. The van der Waals surface area contributed by atoms with Crippen LogP contribution in [0.4, 0.5) is 11.5 Å². The Kier molecular flexibility index (Phi) is 2.97. The van der Waals surface area contributed by atoms with Gasteiger partial charge in [0.05, 0.1) is 17.5 Å². The van der Waals surface area contributed by atoms with Crippen LogP contribution in [-0.4, -0.2) is 50.9 Å². The summed E-state index contributed by atoms with van der Waals surface area (Å²) in [6, 6.07) is 9.68. The fraction of sp³-hybridized carbons (Fsp3) is 0.278. The van der Waals surface area contributed by atoms with E-state index in [1.54, 1.807) is 30.6 Å². The van der Waals surface area contributed by atoms with Crippen LogP contribution in [0.1, 0.15) is 16.8 Å². The summed E-state index contributed by atoms with van der Waals surface area (Å²) in [6.45, 7) is 1.53. The van der Waals surface area contributed by atoms with Gasteiger partial charge in [-0.15, -0.1) is 0 Å². The third-order valence-electron chi connectivity index (χ3n) is 5.26. The fourth-order valence-electron chi connectivity index (χ4n) is 4.05. The monoisotopic (exact) mass is 334 g/mol. The number of aromatic amines is 1. The predicted molar refractivity (Wildman–Crippen MR) is 95.3 cm³/mol. The molecule has 2 bridgehead atoms. The second-order valence-electron chi connectivity index (χ2n) is 6.71. The van der Waals surface area contributed by atoms with E-state index in [4.69, 9.17) is 5.73 Å². The molecule has 2 aliphatic rings. The van der Waals surface area contributed by atoms with Gasteiger partial charge in [0.25, 0.3) is 5.91 Å². The highest BCUT2D eigenvalue weighted by Crippen LogP contribution is 2.36. The van der Waals surface area contributed by atoms with Crippen molar-refractivity contribution in [2.24, 2.45) is 0 Å². The molecule has 3 aromatic rings. The maximum atomic E-state index is 12.8. The predicted octanol–water partition coefficient (Wildman–Crippen LogP) is 1.64. The SMILES string of the molecule is Nc1ccc(C(=O)N2C[C@@H]3C[C@H]2CN3c2ncnc3[nH]ccc23)cc1. The minimum absolute atomic E-state index is 0.0848. The number of H-pyrrole nitrogens is 1. The van der Waals surface area contributed by atoms with E-state index in [9.17, 15) is 4.79 Å². The number of benzene rings is 1. The Bertz CT molecular complexity index is 950. The van der Waals surface area contributed by atoms with Crippen molar-refractivity contribution in [1.29, 1.82) is 0 Å². The van der Waals surface area contributed by atoms with Crippen LogP contribution < -0.4 is 10.6 Å². The molecular weight excluding hydrogens is 316 g/mol. The molecule has 7 nitrogen and oxygen atoms in total. The third-order valence-corrected chi connectivity index (χ3v) is 5.26. The number of amides is 1. The lowest BCUT2D eigenvalue weighted by Gasteiger charge is -2.35. The average Bonchev–Trinajstić information content (AvgIpc) is 3.36. The zero-order valence-electron chi connectivity index (χ0n) is 13.6. The lowest BCUT2D eigenvalue weighted by Crippen LogP contribution is -2.49. The van der Waals surface area contributed by atoms with Crippen molar-refractivity contribution in [3.8, 4) is 0 Å². The molecule has 2 fully saturated rings. The van der Waals surface area contributed by atoms with E-state index in [0.717, 1.165) is 36.4 Å². The summed E-state index contributed by atoms with van der Waals surface area (Å²) < 4.78 is 0. The molecule has 0 saturated carbocycles. The van der Waals surface area contributed by atoms with Crippen LogP contribution in [0.15, 0.2) is 42.9 Å². The van der Waals surface area contributed by atoms with Crippen molar-refractivity contribution < 1.29 is 4.79 Å². The smallest absolute Gasteiger partial charge is 0.254 e. The topological polar surface area (TPSA) is 91.1 Å². The second-order valence-corrected chi connectivity index (χ2v) is 6.71. The van der Waals surface area contributed by atoms with Crippen molar-refractivity contribution in [2.75, 3.05) is 23.7 Å². The van der Waals surface area contributed by atoms with Crippen molar-refractivity contribution in [3.05, 3.63) is 48.4 Å². The number of carbonyl (C=O) groups excluding carboxylic acids is 1. The number of piperazine rings is 1. The maximum absolute atomic E-state index is 12.8. The molecule has 3 N–H and O–H groups in total. The molecule has 0 radical (unpaired) electrons. The van der Waals surface area contributed by atoms with Crippen molar-refractivity contribution in [3.63, 3.8) is 0 Å². The molecule has 2 saturated heterocycles. The van der Waals surface area contributed by atoms with E-state index >= 15 is 0 Å². The van der Waals surface area contributed by atoms with E-state index in [1.165, 1.54) is 0 Å². The number of nitrogens with zero attached hydrogens (tertiary/aromatic N) is 4. The highest BCUT2D eigenvalue weighted by atomic mass is 16.2. The van der Waals surface area contributed by atoms with Crippen LogP contribution in [0.3, 0.4) is 0 Å². The molecule has 7 heteroatoms. The first-order valence-electron chi connectivity index (χ1n) is 8.42. The van der Waals surface area contributed by atoms with Gasteiger partial charge >= 0.3 is 0 Å². The lowest BCUT2D eigenvalue weighted by molar-refractivity contribution is 0.0725. The van der Waals surface area contributed by atoms with Crippen LogP contribution in [0.2, 0.25) is 0 Å². The molecule has 1 amide bonds. The van der Waals surface area contributed by atoms with Gasteiger partial charge in [-0.3, -0.25) is 4.79 Å². The number of anilines is 2. The van der Waals surface area contributed by atoms with Crippen LogP contribution in [0.25, 0.3) is 11.0 Å². The van der Waals surface area contributed by atoms with Crippen LogP contribution >= 0.6 is 0 Å². The minimum Gasteiger partial charge on any atom is -0.399 e. The minimum atomic E-state index is 0.0848. The van der Waals surface area contributed by atoms with Gasteiger partial charge in [-0.2, -0.15) is 0 Å². The molecule has 1 aromatic carbocycles. The van der Waals surface area contributed by atoms with E-state index in [1.807, 2.05) is 17.2 Å². The summed E-state index contributed by atoms with van der Waals surface area (Å²) in [6.07, 6.45) is 4.46. The zero-order valence-corrected chi connectivity index (χ0v) is 13.6. The Morgan fingerprint density at radius 3 is 2.72 bits per heavy atom. The first-order valence-corrected chi connectivity index (χ1v) is 8.42. The van der Waals surface area contributed by atoms with Gasteiger partial charge in [-0.1, -0.05) is 0 Å². The number of nitrogen functional groups attached to an aromatic ring is 1. The van der Waals surface area contributed by atoms with Gasteiger partial charge in [0.15, 0.2) is 0 Å². The van der Waals surface area contributed by atoms with Crippen LogP contribution in [-0.2, 0) is 0 Å². The molecule has 5 rings (SSSR count). The van der Waals surface area contributed by atoms with E-state index in [-0.39, 0.29) is 11.9 Å². The summed E-state index contributed by atoms with van der Waals surface area (Å²) in [5.41, 5.74) is 7.93. The number of fused-ring (bicyclic) bond motifs is 3. The largest absolute Gasteiger partial charge is 0.399 e. The Labute approximate surface area is 144 Å². The summed E-state index contributed by atoms with van der Waals surface area (Å²) in [5.74, 6) is 1.04. The number of hydrogen-bond donors (Lipinski definition) is 2. The van der Waals surface area contributed by atoms with Crippen molar-refractivity contribution in [1.82, 2.24) is 19.9 Å². The van der Waals surface area contributed by atoms with Gasteiger partial charge in [0.1, 0.15) is 17.8 Å². The molecule has 2 atom stereocenters. The van der Waals surface area contributed by atoms with Gasteiger partial charge in [0.2, 0.25) is 0 Å². The number of nitrogens with one attached hydrogen (secondary N) is 1. The first kappa shape index (κ1) is 14.3. The number of nitrogens with two attached hydrogens (primary N) is 1. The first-order chi connectivity index (χ1) is 12.2. The molecule has 2 aliphatic heterocycles. The normalized spacial score (nSPS) is 22.1. The van der Waals surface area contributed by atoms with Gasteiger partial charge in [-0.05, 0) is 36.8 Å². The van der Waals surface area contributed by atoms with Crippen molar-refractivity contribution >= 4 is 28.4 Å². The Morgan fingerprint density at radius 2 is 1.96 bits per heavy atom. The van der Waals surface area contributed by atoms with Gasteiger partial charge in [0, 0.05) is 30.5 Å². The molecule has 2 aromatic heterocycles. The van der Waals surface area contributed by atoms with E-state index < -0.39 is 0 Å². The van der Waals surface area contributed by atoms with Gasteiger partial charge in [-0.25, -0.2) is 9.97 Å². The Morgan fingerprint density at radius 1 is 1.12 bits per heavy atom. The fourth-order valence-corrected chi connectivity index (χ4v) is 4.05. The lowest BCUT2D eigenvalue weighted by atomic mass is 10.1. The standard InChI is InChI=1S/C18H18N6O/c19-12-3-1-11(2-4-12)18(25)24-9-13-7-14(24)8-23(13)17-15-5-6-20-16(15)21-10-22-17/h1-6,10,13-14H,7-9,19H2,(H,20,21,22)/t13-,14-/m0/s1. The number of aromatic nitrogens is 3. The number of hydrogen-bond acceptors (Lipinski definition) is 5. The molecule has 25 heavy (non-hydrogen) atoms. The molecule has 126 valence electrons. The van der Waals surface area contributed by atoms with E-state index in [0.29, 0.717) is 17.3 Å². The Hall–Kier alpha value is -3.09. The van der Waals surface area contributed by atoms with Gasteiger partial charge < -0.3 is 20.5 Å². The summed E-state index contributed by atoms with van der Waals surface area (Å²) in [5, 5.41) is 1.03. The van der Waals surface area contributed by atoms with Crippen molar-refractivity contribution in [2.45, 2.75) is 18.5 Å². The Balaban J connectivity index is 1.39. The summed E-state index contributed by atoms with van der Waals surface area (Å²) >= 11 is 0. The molecule has 4 heterocycles. The van der Waals surface area contributed by atoms with E-state index in [2.05, 4.69) is 19.9 Å². The number of likely N-dealkylation sites (tertiary alicyclic amines) is 1. The number of rotatable bonds is 2. The highest BCUT2D eigenvalue weighted by Gasteiger charge is 2.46. The molecule has 0 unspecified atom stereocenters. The molecule has 0 spiro atoms. The van der Waals surface area contributed by atoms with Crippen LogP contribution in [0.5, 0.6) is 0 Å². The molecule has 0 aliphatic carbocycles. The van der Waals surface area contributed by atoms with Crippen LogP contribution in [0, 0.1) is 0 Å². The summed E-state index contributed by atoms with van der Waals surface area (Å²) in [4.78, 5) is 29.0. The second kappa shape index (κ2) is 5.20. The maximum Gasteiger partial charge on any atom is 0.254 e. The number of carbonyl (C=O) groups is 1.